The van der Waals surface area contributed by atoms with Crippen molar-refractivity contribution in [2.75, 3.05) is 13.2 Å². The third kappa shape index (κ3) is 4.86. The topological polar surface area (TPSA) is 69.9 Å². The Hall–Kier alpha value is -2.97. The number of carbonyl (C=O) groups excluding carboxylic acids is 1. The summed E-state index contributed by atoms with van der Waals surface area (Å²) < 4.78 is 13.2. The summed E-state index contributed by atoms with van der Waals surface area (Å²) in [6.45, 7) is 8.68. The molecule has 3 aromatic rings. The molecular formula is C25H26N2O4S2. The number of nitrogens with zero attached hydrogens (tertiary/aromatic N) is 2. The smallest absolute Gasteiger partial charge is 0.338 e. The average molecular weight is 483 g/mol. The lowest BCUT2D eigenvalue weighted by Gasteiger charge is -2.23. The number of thiophene rings is 1. The molecule has 0 saturated heterocycles. The van der Waals surface area contributed by atoms with Gasteiger partial charge in [-0.1, -0.05) is 43.4 Å². The number of benzene rings is 1. The number of rotatable bonds is 7. The zero-order valence-corrected chi connectivity index (χ0v) is 20.7. The molecule has 0 N–H and O–H groups in total. The Balaban J connectivity index is 1.77. The van der Waals surface area contributed by atoms with Crippen LogP contribution in [0.15, 0.2) is 62.8 Å². The van der Waals surface area contributed by atoms with Crippen LogP contribution in [0.1, 0.15) is 44.2 Å². The largest absolute Gasteiger partial charge is 0.493 e. The first kappa shape index (κ1) is 23.2. The highest BCUT2D eigenvalue weighted by molar-refractivity contribution is 7.10. The van der Waals surface area contributed by atoms with Crippen LogP contribution in [0.4, 0.5) is 0 Å². The summed E-state index contributed by atoms with van der Waals surface area (Å²) in [5.41, 5.74) is 1.70. The highest BCUT2D eigenvalue weighted by Gasteiger charge is 2.33. The molecule has 1 atom stereocenters. The minimum Gasteiger partial charge on any atom is -0.493 e. The van der Waals surface area contributed by atoms with Crippen molar-refractivity contribution in [3.05, 3.63) is 83.2 Å². The molecular weight excluding hydrogens is 456 g/mol. The molecule has 33 heavy (non-hydrogen) atoms. The van der Waals surface area contributed by atoms with Crippen LogP contribution >= 0.6 is 22.7 Å². The second kappa shape index (κ2) is 9.89. The number of hydrogen-bond donors (Lipinski definition) is 0. The molecule has 4 rings (SSSR count). The molecule has 0 radical (unpaired) electrons. The summed E-state index contributed by atoms with van der Waals surface area (Å²) in [5.74, 6) is 0.809. The average Bonchev–Trinajstić information content (AvgIpc) is 3.41. The van der Waals surface area contributed by atoms with E-state index in [4.69, 9.17) is 9.47 Å². The third-order valence-electron chi connectivity index (χ3n) is 5.09. The van der Waals surface area contributed by atoms with Gasteiger partial charge in [0, 0.05) is 4.88 Å². The van der Waals surface area contributed by atoms with Gasteiger partial charge in [-0.15, -0.1) is 11.3 Å². The van der Waals surface area contributed by atoms with Crippen molar-refractivity contribution in [2.45, 2.75) is 33.7 Å². The van der Waals surface area contributed by atoms with E-state index in [2.05, 4.69) is 18.8 Å². The maximum Gasteiger partial charge on any atom is 0.338 e. The number of hydrogen-bond acceptors (Lipinski definition) is 7. The van der Waals surface area contributed by atoms with Gasteiger partial charge in [-0.05, 0) is 55.0 Å². The van der Waals surface area contributed by atoms with E-state index < -0.39 is 12.0 Å². The number of fused-ring (bicyclic) bond motifs is 1. The van der Waals surface area contributed by atoms with Gasteiger partial charge in [0.1, 0.15) is 11.8 Å². The van der Waals surface area contributed by atoms with Crippen LogP contribution in [-0.4, -0.2) is 23.8 Å². The molecule has 0 saturated carbocycles. The Morgan fingerprint density at radius 3 is 2.64 bits per heavy atom. The molecule has 0 aliphatic carbocycles. The number of esters is 1. The van der Waals surface area contributed by atoms with Crippen LogP contribution in [0, 0.1) is 5.92 Å². The first-order valence-electron chi connectivity index (χ1n) is 10.8. The van der Waals surface area contributed by atoms with Crippen LogP contribution in [0.2, 0.25) is 0 Å². The number of aromatic nitrogens is 1. The quantitative estimate of drug-likeness (QED) is 0.479. The van der Waals surface area contributed by atoms with Crippen molar-refractivity contribution in [1.82, 2.24) is 4.57 Å². The van der Waals surface area contributed by atoms with Gasteiger partial charge in [0.15, 0.2) is 4.80 Å². The van der Waals surface area contributed by atoms with Gasteiger partial charge in [-0.3, -0.25) is 9.36 Å². The van der Waals surface area contributed by atoms with E-state index in [1.807, 2.05) is 47.9 Å². The van der Waals surface area contributed by atoms with Crippen molar-refractivity contribution >= 4 is 34.7 Å². The van der Waals surface area contributed by atoms with Crippen LogP contribution in [-0.2, 0) is 9.53 Å². The molecule has 0 amide bonds. The lowest BCUT2D eigenvalue weighted by Crippen LogP contribution is -2.39. The molecule has 0 bridgehead atoms. The Morgan fingerprint density at radius 2 is 2.00 bits per heavy atom. The van der Waals surface area contributed by atoms with E-state index in [0.29, 0.717) is 33.1 Å². The fourth-order valence-corrected chi connectivity index (χ4v) is 5.45. The fourth-order valence-electron chi connectivity index (χ4n) is 3.58. The minimum atomic E-state index is -0.547. The normalized spacial score (nSPS) is 16.0. The van der Waals surface area contributed by atoms with E-state index in [1.165, 1.54) is 22.7 Å². The molecule has 8 heteroatoms. The molecule has 2 aromatic heterocycles. The molecule has 3 heterocycles. The summed E-state index contributed by atoms with van der Waals surface area (Å²) >= 11 is 2.82. The van der Waals surface area contributed by atoms with Gasteiger partial charge >= 0.3 is 5.97 Å². The van der Waals surface area contributed by atoms with E-state index in [9.17, 15) is 9.59 Å². The lowest BCUT2D eigenvalue weighted by atomic mass is 10.0. The molecule has 0 unspecified atom stereocenters. The van der Waals surface area contributed by atoms with E-state index in [0.717, 1.165) is 16.2 Å². The number of carbonyl (C=O) groups is 1. The summed E-state index contributed by atoms with van der Waals surface area (Å²) in [5, 5.41) is 1.94. The van der Waals surface area contributed by atoms with E-state index >= 15 is 0 Å². The van der Waals surface area contributed by atoms with E-state index in [-0.39, 0.29) is 12.2 Å². The monoisotopic (exact) mass is 482 g/mol. The first-order chi connectivity index (χ1) is 15.9. The Labute approximate surface area is 200 Å². The van der Waals surface area contributed by atoms with Crippen molar-refractivity contribution < 1.29 is 14.3 Å². The summed E-state index contributed by atoms with van der Waals surface area (Å²) in [7, 11) is 0. The highest BCUT2D eigenvalue weighted by Crippen LogP contribution is 2.33. The highest BCUT2D eigenvalue weighted by atomic mass is 32.1. The molecule has 1 aliphatic rings. The summed E-state index contributed by atoms with van der Waals surface area (Å²) in [6.07, 6.45) is 1.85. The molecule has 172 valence electrons. The van der Waals surface area contributed by atoms with Crippen molar-refractivity contribution in [3.8, 4) is 5.75 Å². The van der Waals surface area contributed by atoms with E-state index in [1.54, 1.807) is 18.4 Å². The Kier molecular flexibility index (Phi) is 6.95. The van der Waals surface area contributed by atoms with Gasteiger partial charge in [-0.2, -0.15) is 0 Å². The van der Waals surface area contributed by atoms with Crippen molar-refractivity contribution in [3.63, 3.8) is 0 Å². The Bertz CT molecular complexity index is 1350. The second-order valence-electron chi connectivity index (χ2n) is 8.09. The second-order valence-corrected chi connectivity index (χ2v) is 10.1. The van der Waals surface area contributed by atoms with Crippen LogP contribution in [0.5, 0.6) is 5.75 Å². The predicted molar refractivity (Wildman–Crippen MR) is 131 cm³/mol. The molecule has 0 fully saturated rings. The zero-order valence-electron chi connectivity index (χ0n) is 19.0. The minimum absolute atomic E-state index is 0.174. The molecule has 0 spiro atoms. The lowest BCUT2D eigenvalue weighted by molar-refractivity contribution is -0.139. The standard InChI is InChI=1S/C25H26N2O4S2/c1-5-30-24(29)21-16(4)26-25-27(22(21)19-7-6-12-32-19)23(28)20(33-25)13-17-8-10-18(11-9-17)31-14-15(2)3/h6-13,15,22H,5,14H2,1-4H3/b20-13+/t22-/m1/s1. The zero-order chi connectivity index (χ0) is 23.5. The Morgan fingerprint density at radius 1 is 1.24 bits per heavy atom. The van der Waals surface area contributed by atoms with Gasteiger partial charge in [-0.25, -0.2) is 9.79 Å². The van der Waals surface area contributed by atoms with Gasteiger partial charge in [0.05, 0.1) is 29.0 Å². The van der Waals surface area contributed by atoms with Crippen molar-refractivity contribution in [1.29, 1.82) is 0 Å². The van der Waals surface area contributed by atoms with Gasteiger partial charge in [0.25, 0.3) is 5.56 Å². The number of ether oxygens (including phenoxy) is 2. The maximum absolute atomic E-state index is 13.5. The maximum atomic E-state index is 13.5. The van der Waals surface area contributed by atoms with Gasteiger partial charge in [0.2, 0.25) is 0 Å². The fraction of sp³-hybridized carbons (Fsp3) is 0.320. The van der Waals surface area contributed by atoms with Crippen molar-refractivity contribution in [2.24, 2.45) is 10.9 Å². The summed E-state index contributed by atoms with van der Waals surface area (Å²) in [4.78, 5) is 32.3. The van der Waals surface area contributed by atoms with Crippen LogP contribution in [0.25, 0.3) is 6.08 Å². The van der Waals surface area contributed by atoms with Crippen LogP contribution in [0.3, 0.4) is 0 Å². The third-order valence-corrected chi connectivity index (χ3v) is 7.00. The van der Waals surface area contributed by atoms with Gasteiger partial charge < -0.3 is 9.47 Å². The predicted octanol–water partition coefficient (Wildman–Crippen LogP) is 3.89. The molecule has 1 aromatic carbocycles. The first-order valence-corrected chi connectivity index (χ1v) is 12.5. The SMILES string of the molecule is CCOC(=O)C1=C(C)N=c2s/c(=C/c3ccc(OCC(C)C)cc3)c(=O)n2[C@@H]1c1cccs1. The molecule has 1 aliphatic heterocycles. The van der Waals surface area contributed by atoms with Crippen LogP contribution < -0.4 is 19.6 Å². The number of allylic oxidation sites excluding steroid dienone is 1. The number of thiazole rings is 1. The summed E-state index contributed by atoms with van der Waals surface area (Å²) in [6, 6.07) is 11.0. The molecule has 6 nitrogen and oxygen atoms in total.